The minimum atomic E-state index is -0.480. The molecular weight excluding hydrogens is 244 g/mol. The molecule has 112 valence electrons. The second kappa shape index (κ2) is 7.10. The van der Waals surface area contributed by atoms with E-state index >= 15 is 0 Å². The van der Waals surface area contributed by atoms with Gasteiger partial charge in [0.05, 0.1) is 18.7 Å². The van der Waals surface area contributed by atoms with Gasteiger partial charge in [0, 0.05) is 13.1 Å². The van der Waals surface area contributed by atoms with Crippen molar-refractivity contribution in [3.63, 3.8) is 0 Å². The summed E-state index contributed by atoms with van der Waals surface area (Å²) in [6.07, 6.45) is 2.75. The van der Waals surface area contributed by atoms with Crippen LogP contribution in [0.5, 0.6) is 0 Å². The molecule has 1 unspecified atom stereocenters. The number of unbranched alkanes of at least 4 members (excludes halogenated alkanes) is 1. The van der Waals surface area contributed by atoms with Crippen LogP contribution in [0.4, 0.5) is 4.79 Å². The van der Waals surface area contributed by atoms with E-state index < -0.39 is 5.60 Å². The lowest BCUT2D eigenvalue weighted by molar-refractivity contribution is -0.000224. The second-order valence-corrected chi connectivity index (χ2v) is 6.13. The second-order valence-electron chi connectivity index (χ2n) is 6.13. The van der Waals surface area contributed by atoms with E-state index in [-0.39, 0.29) is 24.8 Å². The number of aliphatic hydroxyl groups is 1. The van der Waals surface area contributed by atoms with Crippen molar-refractivity contribution in [2.24, 2.45) is 0 Å². The maximum absolute atomic E-state index is 12.2. The molecular formula is C14H28N2O3. The molecule has 5 nitrogen and oxygen atoms in total. The van der Waals surface area contributed by atoms with E-state index in [2.05, 4.69) is 12.2 Å². The van der Waals surface area contributed by atoms with E-state index in [1.165, 1.54) is 0 Å². The summed E-state index contributed by atoms with van der Waals surface area (Å²) < 4.78 is 5.46. The fourth-order valence-corrected chi connectivity index (χ4v) is 2.39. The summed E-state index contributed by atoms with van der Waals surface area (Å²) in [6, 6.07) is -0.0265. The van der Waals surface area contributed by atoms with Crippen molar-refractivity contribution in [1.29, 1.82) is 0 Å². The predicted octanol–water partition coefficient (Wildman–Crippen LogP) is 1.75. The van der Waals surface area contributed by atoms with Crippen LogP contribution in [0.15, 0.2) is 0 Å². The molecule has 0 aromatic carbocycles. The SMILES string of the molecule is CCCCC1[C@H](CO)NCCN1C(=O)OC(C)(C)C. The van der Waals surface area contributed by atoms with Gasteiger partial charge in [0.1, 0.15) is 5.60 Å². The van der Waals surface area contributed by atoms with Crippen LogP contribution in [0.1, 0.15) is 47.0 Å². The van der Waals surface area contributed by atoms with Crippen LogP contribution in [0.2, 0.25) is 0 Å². The minimum absolute atomic E-state index is 0.0218. The molecule has 0 bridgehead atoms. The fraction of sp³-hybridized carbons (Fsp3) is 0.929. The number of piperazine rings is 1. The standard InChI is InChI=1S/C14H28N2O3/c1-5-6-7-12-11(10-17)15-8-9-16(12)13(18)19-14(2,3)4/h11-12,15,17H,5-10H2,1-4H3/t11-,12?/m0/s1. The third-order valence-electron chi connectivity index (χ3n) is 3.30. The molecule has 2 atom stereocenters. The topological polar surface area (TPSA) is 61.8 Å². The van der Waals surface area contributed by atoms with Crippen molar-refractivity contribution in [3.8, 4) is 0 Å². The first kappa shape index (κ1) is 16.2. The van der Waals surface area contributed by atoms with Crippen molar-refractivity contribution in [2.45, 2.75) is 64.6 Å². The molecule has 19 heavy (non-hydrogen) atoms. The number of aliphatic hydroxyl groups excluding tert-OH is 1. The molecule has 0 spiro atoms. The Bertz CT molecular complexity index is 289. The predicted molar refractivity (Wildman–Crippen MR) is 75.1 cm³/mol. The van der Waals surface area contributed by atoms with Gasteiger partial charge >= 0.3 is 6.09 Å². The van der Waals surface area contributed by atoms with Gasteiger partial charge in [-0.15, -0.1) is 0 Å². The van der Waals surface area contributed by atoms with Crippen molar-refractivity contribution in [1.82, 2.24) is 10.2 Å². The summed E-state index contributed by atoms with van der Waals surface area (Å²) in [5.74, 6) is 0. The van der Waals surface area contributed by atoms with E-state index in [1.807, 2.05) is 20.8 Å². The molecule has 0 aliphatic carbocycles. The van der Waals surface area contributed by atoms with Crippen LogP contribution < -0.4 is 5.32 Å². The van der Waals surface area contributed by atoms with E-state index in [0.29, 0.717) is 13.1 Å². The molecule has 1 heterocycles. The number of nitrogens with one attached hydrogen (secondary N) is 1. The van der Waals surface area contributed by atoms with E-state index in [0.717, 1.165) is 19.3 Å². The highest BCUT2D eigenvalue weighted by Gasteiger charge is 2.35. The molecule has 1 aliphatic heterocycles. The summed E-state index contributed by atoms with van der Waals surface area (Å²) in [5, 5.41) is 12.7. The first-order valence-corrected chi connectivity index (χ1v) is 7.23. The number of carbonyl (C=O) groups is 1. The van der Waals surface area contributed by atoms with Gasteiger partial charge in [-0.1, -0.05) is 19.8 Å². The molecule has 0 aromatic rings. The van der Waals surface area contributed by atoms with Gasteiger partial charge in [-0.3, -0.25) is 0 Å². The number of carbonyl (C=O) groups excluding carboxylic acids is 1. The molecule has 0 saturated carbocycles. The summed E-state index contributed by atoms with van der Waals surface area (Å²) in [6.45, 7) is 9.13. The Kier molecular flexibility index (Phi) is 6.07. The van der Waals surface area contributed by atoms with Crippen LogP contribution in [-0.4, -0.2) is 53.5 Å². The van der Waals surface area contributed by atoms with Crippen molar-refractivity contribution >= 4 is 6.09 Å². The average Bonchev–Trinajstić information content (AvgIpc) is 2.33. The summed E-state index contributed by atoms with van der Waals surface area (Å²) in [4.78, 5) is 14.0. The highest BCUT2D eigenvalue weighted by atomic mass is 16.6. The van der Waals surface area contributed by atoms with E-state index in [4.69, 9.17) is 4.74 Å². The summed E-state index contributed by atoms with van der Waals surface area (Å²) in [7, 11) is 0. The smallest absolute Gasteiger partial charge is 0.410 e. The number of amides is 1. The normalized spacial score (nSPS) is 24.4. The highest BCUT2D eigenvalue weighted by Crippen LogP contribution is 2.19. The lowest BCUT2D eigenvalue weighted by Crippen LogP contribution is -2.61. The van der Waals surface area contributed by atoms with Crippen LogP contribution in [-0.2, 0) is 4.74 Å². The lowest BCUT2D eigenvalue weighted by Gasteiger charge is -2.41. The molecule has 1 aliphatic rings. The Hall–Kier alpha value is -0.810. The van der Waals surface area contributed by atoms with Gasteiger partial charge < -0.3 is 20.1 Å². The van der Waals surface area contributed by atoms with Gasteiger partial charge in [-0.05, 0) is 27.2 Å². The number of nitrogens with zero attached hydrogens (tertiary/aromatic N) is 1. The van der Waals surface area contributed by atoms with Crippen LogP contribution in [0.3, 0.4) is 0 Å². The third kappa shape index (κ3) is 4.99. The first-order valence-electron chi connectivity index (χ1n) is 7.23. The highest BCUT2D eigenvalue weighted by molar-refractivity contribution is 5.68. The zero-order chi connectivity index (χ0) is 14.5. The first-order chi connectivity index (χ1) is 8.89. The van der Waals surface area contributed by atoms with Gasteiger partial charge in [0.25, 0.3) is 0 Å². The molecule has 0 radical (unpaired) electrons. The number of ether oxygens (including phenoxy) is 1. The molecule has 5 heteroatoms. The van der Waals surface area contributed by atoms with Crippen molar-refractivity contribution < 1.29 is 14.6 Å². The zero-order valence-electron chi connectivity index (χ0n) is 12.6. The minimum Gasteiger partial charge on any atom is -0.444 e. The van der Waals surface area contributed by atoms with Gasteiger partial charge in [-0.2, -0.15) is 0 Å². The number of rotatable bonds is 4. The van der Waals surface area contributed by atoms with Gasteiger partial charge in [0.2, 0.25) is 0 Å². The Balaban J connectivity index is 2.72. The van der Waals surface area contributed by atoms with Gasteiger partial charge in [-0.25, -0.2) is 4.79 Å². The van der Waals surface area contributed by atoms with Crippen LogP contribution >= 0.6 is 0 Å². The van der Waals surface area contributed by atoms with Crippen LogP contribution in [0, 0.1) is 0 Å². The number of hydrogen-bond acceptors (Lipinski definition) is 4. The molecule has 1 fully saturated rings. The molecule has 1 rings (SSSR count). The summed E-state index contributed by atoms with van der Waals surface area (Å²) in [5.41, 5.74) is -0.480. The number of hydrogen-bond donors (Lipinski definition) is 2. The third-order valence-corrected chi connectivity index (χ3v) is 3.30. The molecule has 1 saturated heterocycles. The van der Waals surface area contributed by atoms with Gasteiger partial charge in [0.15, 0.2) is 0 Å². The summed E-state index contributed by atoms with van der Waals surface area (Å²) >= 11 is 0. The zero-order valence-corrected chi connectivity index (χ0v) is 12.6. The van der Waals surface area contributed by atoms with Crippen LogP contribution in [0.25, 0.3) is 0 Å². The molecule has 1 amide bonds. The Morgan fingerprint density at radius 2 is 2.16 bits per heavy atom. The molecule has 0 aromatic heterocycles. The Labute approximate surface area is 116 Å². The average molecular weight is 272 g/mol. The van der Waals surface area contributed by atoms with Crippen molar-refractivity contribution in [3.05, 3.63) is 0 Å². The Morgan fingerprint density at radius 3 is 2.68 bits per heavy atom. The molecule has 2 N–H and O–H groups in total. The Morgan fingerprint density at radius 1 is 1.47 bits per heavy atom. The van der Waals surface area contributed by atoms with Crippen molar-refractivity contribution in [2.75, 3.05) is 19.7 Å². The quantitative estimate of drug-likeness (QED) is 0.818. The maximum atomic E-state index is 12.2. The lowest BCUT2D eigenvalue weighted by atomic mass is 9.98. The van der Waals surface area contributed by atoms with E-state index in [9.17, 15) is 9.90 Å². The maximum Gasteiger partial charge on any atom is 0.410 e. The fourth-order valence-electron chi connectivity index (χ4n) is 2.39. The van der Waals surface area contributed by atoms with E-state index in [1.54, 1.807) is 4.90 Å². The largest absolute Gasteiger partial charge is 0.444 e. The monoisotopic (exact) mass is 272 g/mol.